The second kappa shape index (κ2) is 6.59. The Morgan fingerprint density at radius 2 is 2.13 bits per heavy atom. The van der Waals surface area contributed by atoms with Gasteiger partial charge in [0.2, 0.25) is 0 Å². The van der Waals surface area contributed by atoms with Crippen LogP contribution in [0.4, 0.5) is 0 Å². The lowest BCUT2D eigenvalue weighted by Gasteiger charge is -2.14. The molecule has 1 aromatic carbocycles. The van der Waals surface area contributed by atoms with E-state index < -0.39 is 0 Å². The molecule has 84 valence electrons. The van der Waals surface area contributed by atoms with Crippen LogP contribution in [-0.2, 0) is 0 Å². The van der Waals surface area contributed by atoms with Crippen LogP contribution in [-0.4, -0.2) is 13.1 Å². The van der Waals surface area contributed by atoms with Gasteiger partial charge in [-0.15, -0.1) is 0 Å². The van der Waals surface area contributed by atoms with Crippen molar-refractivity contribution in [3.63, 3.8) is 0 Å². The van der Waals surface area contributed by atoms with Crippen molar-refractivity contribution in [2.75, 3.05) is 13.1 Å². The third kappa shape index (κ3) is 4.45. The number of benzene rings is 1. The zero-order valence-corrected chi connectivity index (χ0v) is 9.79. The fourth-order valence-corrected chi connectivity index (χ4v) is 1.65. The molecule has 2 heteroatoms. The summed E-state index contributed by atoms with van der Waals surface area (Å²) in [6, 6.07) is 9.09. The predicted octanol–water partition coefficient (Wildman–Crippen LogP) is 2.38. The van der Waals surface area contributed by atoms with Gasteiger partial charge in [-0.25, -0.2) is 0 Å². The third-order valence-electron chi connectivity index (χ3n) is 2.62. The van der Waals surface area contributed by atoms with E-state index in [2.05, 4.69) is 43.4 Å². The van der Waals surface area contributed by atoms with Gasteiger partial charge < -0.3 is 11.1 Å². The predicted molar refractivity (Wildman–Crippen MR) is 65.9 cm³/mol. The van der Waals surface area contributed by atoms with Crippen LogP contribution in [0, 0.1) is 6.92 Å². The Hall–Kier alpha value is -0.860. The van der Waals surface area contributed by atoms with E-state index in [1.165, 1.54) is 11.1 Å². The quantitative estimate of drug-likeness (QED) is 0.701. The summed E-state index contributed by atoms with van der Waals surface area (Å²) in [6.07, 6.45) is 2.26. The number of aryl methyl sites for hydroxylation is 1. The largest absolute Gasteiger partial charge is 0.330 e. The first-order valence-electron chi connectivity index (χ1n) is 5.74. The van der Waals surface area contributed by atoms with Gasteiger partial charge in [-0.1, -0.05) is 29.8 Å². The summed E-state index contributed by atoms with van der Waals surface area (Å²) in [5.74, 6) is 0. The molecule has 0 aromatic heterocycles. The van der Waals surface area contributed by atoms with Gasteiger partial charge in [0.05, 0.1) is 0 Å². The second-order valence-corrected chi connectivity index (χ2v) is 4.09. The first-order chi connectivity index (χ1) is 7.24. The molecular formula is C13H22N2. The van der Waals surface area contributed by atoms with E-state index in [9.17, 15) is 0 Å². The van der Waals surface area contributed by atoms with E-state index in [1.54, 1.807) is 0 Å². The highest BCUT2D eigenvalue weighted by atomic mass is 14.9. The molecule has 1 atom stereocenters. The number of hydrogen-bond donors (Lipinski definition) is 2. The molecule has 0 saturated heterocycles. The molecule has 1 rings (SSSR count). The molecule has 0 spiro atoms. The molecule has 0 aliphatic carbocycles. The average Bonchev–Trinajstić information content (AvgIpc) is 2.24. The van der Waals surface area contributed by atoms with Crippen LogP contribution in [0.1, 0.15) is 36.9 Å². The van der Waals surface area contributed by atoms with E-state index in [4.69, 9.17) is 5.73 Å². The Kier molecular flexibility index (Phi) is 5.37. The maximum Gasteiger partial charge on any atom is 0.0291 e. The third-order valence-corrected chi connectivity index (χ3v) is 2.62. The molecule has 3 N–H and O–H groups in total. The molecule has 15 heavy (non-hydrogen) atoms. The number of nitrogens with one attached hydrogen (secondary N) is 1. The van der Waals surface area contributed by atoms with Crippen molar-refractivity contribution >= 4 is 0 Å². The normalized spacial score (nSPS) is 12.7. The van der Waals surface area contributed by atoms with Crippen LogP contribution in [0.5, 0.6) is 0 Å². The van der Waals surface area contributed by atoms with Crippen LogP contribution in [0.25, 0.3) is 0 Å². The van der Waals surface area contributed by atoms with Crippen molar-refractivity contribution in [2.45, 2.75) is 32.7 Å². The maximum atomic E-state index is 5.45. The minimum atomic E-state index is 0.433. The summed E-state index contributed by atoms with van der Waals surface area (Å²) >= 11 is 0. The van der Waals surface area contributed by atoms with E-state index in [1.807, 2.05) is 0 Å². The summed E-state index contributed by atoms with van der Waals surface area (Å²) in [7, 11) is 0. The molecule has 1 unspecified atom stereocenters. The van der Waals surface area contributed by atoms with E-state index in [0.717, 1.165) is 25.9 Å². The molecule has 1 aromatic rings. The second-order valence-electron chi connectivity index (χ2n) is 4.09. The van der Waals surface area contributed by atoms with Crippen molar-refractivity contribution in [2.24, 2.45) is 5.73 Å². The molecule has 2 nitrogen and oxygen atoms in total. The molecule has 0 aliphatic heterocycles. The highest BCUT2D eigenvalue weighted by molar-refractivity contribution is 5.24. The lowest BCUT2D eigenvalue weighted by atomic mass is 10.1. The molecule has 0 bridgehead atoms. The molecule has 0 radical (unpaired) electrons. The van der Waals surface area contributed by atoms with Crippen molar-refractivity contribution < 1.29 is 0 Å². The summed E-state index contributed by atoms with van der Waals surface area (Å²) in [5, 5.41) is 3.51. The summed E-state index contributed by atoms with van der Waals surface area (Å²) < 4.78 is 0. The van der Waals surface area contributed by atoms with E-state index >= 15 is 0 Å². The smallest absolute Gasteiger partial charge is 0.0291 e. The van der Waals surface area contributed by atoms with Gasteiger partial charge in [0, 0.05) is 6.04 Å². The van der Waals surface area contributed by atoms with Gasteiger partial charge in [0.1, 0.15) is 0 Å². The van der Waals surface area contributed by atoms with Gasteiger partial charge in [-0.05, 0) is 45.3 Å². The lowest BCUT2D eigenvalue weighted by Crippen LogP contribution is -2.20. The van der Waals surface area contributed by atoms with Gasteiger partial charge in [-0.2, -0.15) is 0 Å². The highest BCUT2D eigenvalue weighted by Crippen LogP contribution is 2.13. The van der Waals surface area contributed by atoms with Gasteiger partial charge in [-0.3, -0.25) is 0 Å². The van der Waals surface area contributed by atoms with E-state index in [-0.39, 0.29) is 0 Å². The Labute approximate surface area is 92.9 Å². The SMILES string of the molecule is Cc1cccc(C(C)NCCCCN)c1. The number of unbranched alkanes of at least 4 members (excludes halogenated alkanes) is 1. The Morgan fingerprint density at radius 3 is 2.80 bits per heavy atom. The minimum absolute atomic E-state index is 0.433. The van der Waals surface area contributed by atoms with Crippen LogP contribution < -0.4 is 11.1 Å². The van der Waals surface area contributed by atoms with Crippen molar-refractivity contribution in [1.82, 2.24) is 5.32 Å². The maximum absolute atomic E-state index is 5.45. The molecule has 0 amide bonds. The molecule has 0 heterocycles. The Balaban J connectivity index is 2.36. The zero-order valence-electron chi connectivity index (χ0n) is 9.79. The molecule has 0 fully saturated rings. The highest BCUT2D eigenvalue weighted by Gasteiger charge is 2.03. The number of hydrogen-bond acceptors (Lipinski definition) is 2. The van der Waals surface area contributed by atoms with Gasteiger partial charge in [0.25, 0.3) is 0 Å². The summed E-state index contributed by atoms with van der Waals surface area (Å²) in [5.41, 5.74) is 8.13. The van der Waals surface area contributed by atoms with E-state index in [0.29, 0.717) is 6.04 Å². The van der Waals surface area contributed by atoms with Crippen molar-refractivity contribution in [3.8, 4) is 0 Å². The van der Waals surface area contributed by atoms with Crippen LogP contribution in [0.15, 0.2) is 24.3 Å². The average molecular weight is 206 g/mol. The fraction of sp³-hybridized carbons (Fsp3) is 0.538. The first kappa shape index (κ1) is 12.2. The zero-order chi connectivity index (χ0) is 11.1. The van der Waals surface area contributed by atoms with Crippen molar-refractivity contribution in [1.29, 1.82) is 0 Å². The lowest BCUT2D eigenvalue weighted by molar-refractivity contribution is 0.548. The van der Waals surface area contributed by atoms with Gasteiger partial charge in [0.15, 0.2) is 0 Å². The molecule has 0 saturated carbocycles. The standard InChI is InChI=1S/C13H22N2/c1-11-6-5-7-13(10-11)12(2)15-9-4-3-8-14/h5-7,10,12,15H,3-4,8-9,14H2,1-2H3. The first-order valence-corrected chi connectivity index (χ1v) is 5.74. The Morgan fingerprint density at radius 1 is 1.33 bits per heavy atom. The Bertz CT molecular complexity index is 284. The van der Waals surface area contributed by atoms with Gasteiger partial charge >= 0.3 is 0 Å². The van der Waals surface area contributed by atoms with Crippen molar-refractivity contribution in [3.05, 3.63) is 35.4 Å². The monoisotopic (exact) mass is 206 g/mol. The number of nitrogens with two attached hydrogens (primary N) is 1. The van der Waals surface area contributed by atoms with Crippen LogP contribution in [0.3, 0.4) is 0 Å². The fourth-order valence-electron chi connectivity index (χ4n) is 1.65. The van der Waals surface area contributed by atoms with Crippen LogP contribution >= 0.6 is 0 Å². The summed E-state index contributed by atoms with van der Waals surface area (Å²) in [4.78, 5) is 0. The topological polar surface area (TPSA) is 38.0 Å². The molecular weight excluding hydrogens is 184 g/mol. The van der Waals surface area contributed by atoms with Crippen LogP contribution in [0.2, 0.25) is 0 Å². The molecule has 0 aliphatic rings. The number of rotatable bonds is 6. The minimum Gasteiger partial charge on any atom is -0.330 e. The summed E-state index contributed by atoms with van der Waals surface area (Å²) in [6.45, 7) is 6.18.